The summed E-state index contributed by atoms with van der Waals surface area (Å²) in [5.41, 5.74) is 0.226. The smallest absolute Gasteiger partial charge is 0.248 e. The van der Waals surface area contributed by atoms with Gasteiger partial charge in [0.05, 0.1) is 6.61 Å². The van der Waals surface area contributed by atoms with Crippen molar-refractivity contribution in [1.29, 1.82) is 0 Å². The van der Waals surface area contributed by atoms with E-state index in [1.165, 1.54) is 24.3 Å². The van der Waals surface area contributed by atoms with Crippen molar-refractivity contribution in [2.45, 2.75) is 30.7 Å². The maximum absolute atomic E-state index is 14.3. The van der Waals surface area contributed by atoms with E-state index in [0.29, 0.717) is 12.3 Å². The number of nitrogens with zero attached hydrogens (tertiary/aromatic N) is 2. The second-order valence-corrected chi connectivity index (χ2v) is 11.5. The number of rotatable bonds is 9. The number of ether oxygens (including phenoxy) is 1. The fourth-order valence-electron chi connectivity index (χ4n) is 4.60. The molecule has 3 aromatic rings. The summed E-state index contributed by atoms with van der Waals surface area (Å²) in [6.45, 7) is 0.407. The Kier molecular flexibility index (Phi) is 8.42. The molecule has 4 rings (SSSR count). The predicted molar refractivity (Wildman–Crippen MR) is 136 cm³/mol. The van der Waals surface area contributed by atoms with E-state index in [1.807, 2.05) is 30.3 Å². The lowest BCUT2D eigenvalue weighted by Crippen LogP contribution is -2.47. The van der Waals surface area contributed by atoms with Gasteiger partial charge in [0.15, 0.2) is 4.90 Å². The van der Waals surface area contributed by atoms with Crippen LogP contribution < -0.4 is 4.74 Å². The van der Waals surface area contributed by atoms with Gasteiger partial charge in [0.25, 0.3) is 0 Å². The second kappa shape index (κ2) is 11.6. The first-order valence-corrected chi connectivity index (χ1v) is 13.6. The van der Waals surface area contributed by atoms with Gasteiger partial charge in [-0.05, 0) is 54.8 Å². The topological polar surface area (TPSA) is 66.9 Å². The molecule has 0 unspecified atom stereocenters. The quantitative estimate of drug-likeness (QED) is 0.379. The van der Waals surface area contributed by atoms with Gasteiger partial charge in [-0.3, -0.25) is 4.79 Å². The van der Waals surface area contributed by atoms with E-state index in [1.54, 1.807) is 11.9 Å². The Morgan fingerprint density at radius 1 is 0.921 bits per heavy atom. The van der Waals surface area contributed by atoms with E-state index in [-0.39, 0.29) is 44.9 Å². The van der Waals surface area contributed by atoms with Crippen LogP contribution in [0, 0.1) is 22.9 Å². The standard InChI is InChI=1S/C28H29F3N2O4S/c1-32(19-21-6-3-2-4-7-21)26(34)18-28(20-37-23-12-10-22(29)11-13-23)14-16-33(17-15-28)38(35,36)27-24(30)8-5-9-25(27)31/h2-13H,14-20H2,1H3. The number of hydrogen-bond acceptors (Lipinski definition) is 4. The highest BCUT2D eigenvalue weighted by atomic mass is 32.2. The molecule has 38 heavy (non-hydrogen) atoms. The van der Waals surface area contributed by atoms with Crippen molar-refractivity contribution in [3.05, 3.63) is 95.8 Å². The van der Waals surface area contributed by atoms with Crippen LogP contribution in [0.2, 0.25) is 0 Å². The Hall–Kier alpha value is -3.37. The van der Waals surface area contributed by atoms with Crippen molar-refractivity contribution < 1.29 is 31.1 Å². The third kappa shape index (κ3) is 6.36. The normalized spacial score (nSPS) is 15.7. The van der Waals surface area contributed by atoms with Gasteiger partial charge in [0.1, 0.15) is 23.2 Å². The molecular weight excluding hydrogens is 517 g/mol. The van der Waals surface area contributed by atoms with E-state index < -0.39 is 37.8 Å². The van der Waals surface area contributed by atoms with E-state index >= 15 is 0 Å². The summed E-state index contributed by atoms with van der Waals surface area (Å²) in [7, 11) is -2.73. The van der Waals surface area contributed by atoms with Gasteiger partial charge in [0.2, 0.25) is 15.9 Å². The van der Waals surface area contributed by atoms with Crippen molar-refractivity contribution in [2.24, 2.45) is 5.41 Å². The molecule has 0 radical (unpaired) electrons. The molecule has 1 fully saturated rings. The van der Waals surface area contributed by atoms with Crippen LogP contribution in [0.3, 0.4) is 0 Å². The summed E-state index contributed by atoms with van der Waals surface area (Å²) in [5, 5.41) is 0. The molecule has 1 amide bonds. The number of carbonyl (C=O) groups is 1. The average Bonchev–Trinajstić information content (AvgIpc) is 2.89. The number of amides is 1. The molecule has 0 aromatic heterocycles. The van der Waals surface area contributed by atoms with Crippen LogP contribution in [0.25, 0.3) is 0 Å². The Bertz CT molecular complexity index is 1340. The minimum absolute atomic E-state index is 0.0431. The Labute approximate surface area is 220 Å². The molecule has 10 heteroatoms. The summed E-state index contributed by atoms with van der Waals surface area (Å²) in [6, 6.07) is 17.9. The van der Waals surface area contributed by atoms with Gasteiger partial charge in [-0.1, -0.05) is 36.4 Å². The van der Waals surface area contributed by atoms with Gasteiger partial charge < -0.3 is 9.64 Å². The van der Waals surface area contributed by atoms with Crippen LogP contribution in [-0.4, -0.2) is 50.3 Å². The van der Waals surface area contributed by atoms with Crippen molar-refractivity contribution in [2.75, 3.05) is 26.7 Å². The Balaban J connectivity index is 1.51. The third-order valence-corrected chi connectivity index (χ3v) is 8.82. The summed E-state index contributed by atoms with van der Waals surface area (Å²) in [5.74, 6) is -2.45. The Morgan fingerprint density at radius 2 is 1.53 bits per heavy atom. The molecule has 6 nitrogen and oxygen atoms in total. The molecule has 0 N–H and O–H groups in total. The molecule has 0 aliphatic carbocycles. The fraction of sp³-hybridized carbons (Fsp3) is 0.321. The highest BCUT2D eigenvalue weighted by Gasteiger charge is 2.42. The number of piperidine rings is 1. The minimum atomic E-state index is -4.43. The molecule has 0 bridgehead atoms. The van der Waals surface area contributed by atoms with Gasteiger partial charge in [-0.15, -0.1) is 0 Å². The van der Waals surface area contributed by atoms with Gasteiger partial charge in [-0.2, -0.15) is 4.31 Å². The molecular formula is C28H29F3N2O4S. The van der Waals surface area contributed by atoms with Crippen molar-refractivity contribution in [3.8, 4) is 5.75 Å². The van der Waals surface area contributed by atoms with Crippen LogP contribution in [0.5, 0.6) is 5.75 Å². The maximum Gasteiger partial charge on any atom is 0.248 e. The lowest BCUT2D eigenvalue weighted by Gasteiger charge is -2.41. The highest BCUT2D eigenvalue weighted by Crippen LogP contribution is 2.38. The zero-order chi connectivity index (χ0) is 27.3. The molecule has 202 valence electrons. The van der Waals surface area contributed by atoms with Crippen molar-refractivity contribution >= 4 is 15.9 Å². The molecule has 3 aromatic carbocycles. The van der Waals surface area contributed by atoms with E-state index in [9.17, 15) is 26.4 Å². The Morgan fingerprint density at radius 3 is 2.13 bits per heavy atom. The average molecular weight is 547 g/mol. The summed E-state index contributed by atoms with van der Waals surface area (Å²) in [6.07, 6.45) is 0.544. The molecule has 1 heterocycles. The number of sulfonamides is 1. The molecule has 1 aliphatic rings. The first kappa shape index (κ1) is 27.7. The van der Waals surface area contributed by atoms with Crippen LogP contribution >= 0.6 is 0 Å². The molecule has 1 saturated heterocycles. The third-order valence-electron chi connectivity index (χ3n) is 6.87. The lowest BCUT2D eigenvalue weighted by atomic mass is 9.76. The molecule has 0 atom stereocenters. The zero-order valence-corrected chi connectivity index (χ0v) is 21.8. The summed E-state index contributed by atoms with van der Waals surface area (Å²) >= 11 is 0. The zero-order valence-electron chi connectivity index (χ0n) is 20.9. The van der Waals surface area contributed by atoms with Crippen LogP contribution in [0.4, 0.5) is 13.2 Å². The number of hydrogen-bond donors (Lipinski definition) is 0. The van der Waals surface area contributed by atoms with Crippen molar-refractivity contribution in [1.82, 2.24) is 9.21 Å². The highest BCUT2D eigenvalue weighted by molar-refractivity contribution is 7.89. The van der Waals surface area contributed by atoms with Crippen molar-refractivity contribution in [3.63, 3.8) is 0 Å². The summed E-state index contributed by atoms with van der Waals surface area (Å²) in [4.78, 5) is 13.9. The predicted octanol–water partition coefficient (Wildman–Crippen LogP) is 5.00. The van der Waals surface area contributed by atoms with Crippen LogP contribution in [0.15, 0.2) is 77.7 Å². The van der Waals surface area contributed by atoms with E-state index in [2.05, 4.69) is 0 Å². The minimum Gasteiger partial charge on any atom is -0.493 e. The lowest BCUT2D eigenvalue weighted by molar-refractivity contribution is -0.134. The monoisotopic (exact) mass is 546 g/mol. The van der Waals surface area contributed by atoms with E-state index in [0.717, 1.165) is 28.1 Å². The number of carbonyl (C=O) groups excluding carboxylic acids is 1. The number of benzene rings is 3. The molecule has 0 spiro atoms. The largest absolute Gasteiger partial charge is 0.493 e. The van der Waals surface area contributed by atoms with Crippen LogP contribution in [0.1, 0.15) is 24.8 Å². The first-order chi connectivity index (χ1) is 18.1. The first-order valence-electron chi connectivity index (χ1n) is 12.2. The fourth-order valence-corrected chi connectivity index (χ4v) is 6.15. The SMILES string of the molecule is CN(Cc1ccccc1)C(=O)CC1(COc2ccc(F)cc2)CCN(S(=O)(=O)c2c(F)cccc2F)CC1. The second-order valence-electron chi connectivity index (χ2n) is 9.61. The van der Waals surface area contributed by atoms with Crippen LogP contribution in [-0.2, 0) is 21.4 Å². The van der Waals surface area contributed by atoms with E-state index in [4.69, 9.17) is 4.74 Å². The number of halogens is 3. The van der Waals surface area contributed by atoms with Gasteiger partial charge >= 0.3 is 0 Å². The summed E-state index contributed by atoms with van der Waals surface area (Å²) < 4.78 is 75.0. The molecule has 1 aliphatic heterocycles. The van der Waals surface area contributed by atoms with Gasteiger partial charge in [0, 0.05) is 38.5 Å². The van der Waals surface area contributed by atoms with Gasteiger partial charge in [-0.25, -0.2) is 21.6 Å². The molecule has 0 saturated carbocycles. The maximum atomic E-state index is 14.3.